The van der Waals surface area contributed by atoms with Gasteiger partial charge >= 0.3 is 5.97 Å². The Balaban J connectivity index is 3.18. The molecule has 0 saturated carbocycles. The molecule has 0 bridgehead atoms. The van der Waals surface area contributed by atoms with E-state index in [4.69, 9.17) is 5.73 Å². The number of carboxylic acid groups (broad SMARTS) is 1. The van der Waals surface area contributed by atoms with Crippen LogP contribution in [0, 0.1) is 24.1 Å². The van der Waals surface area contributed by atoms with Crippen molar-refractivity contribution in [2.24, 2.45) is 17.1 Å². The van der Waals surface area contributed by atoms with Gasteiger partial charge in [0, 0.05) is 6.54 Å². The zero-order valence-corrected chi connectivity index (χ0v) is 11.0. The number of aliphatic carboxylic acids is 1. The topological polar surface area (TPSA) is 63.3 Å². The normalized spacial score (nSPS) is 14.6. The molecule has 0 spiro atoms. The van der Waals surface area contributed by atoms with Crippen LogP contribution in [0.4, 0.5) is 4.39 Å². The Hall–Kier alpha value is -1.42. The lowest BCUT2D eigenvalue weighted by Crippen LogP contribution is -2.45. The number of halogens is 1. The molecule has 3 N–H and O–H groups in total. The number of hydrogen-bond acceptors (Lipinski definition) is 2. The molecule has 0 fully saturated rings. The molecule has 0 aliphatic heterocycles. The molecule has 4 heteroatoms. The fourth-order valence-electron chi connectivity index (χ4n) is 2.09. The van der Waals surface area contributed by atoms with E-state index in [-0.39, 0.29) is 24.7 Å². The van der Waals surface area contributed by atoms with E-state index in [1.165, 1.54) is 12.1 Å². The summed E-state index contributed by atoms with van der Waals surface area (Å²) in [4.78, 5) is 11.5. The van der Waals surface area contributed by atoms with Crippen LogP contribution < -0.4 is 5.73 Å². The molecule has 0 saturated heterocycles. The Kier molecular flexibility index (Phi) is 4.46. The van der Waals surface area contributed by atoms with Crippen molar-refractivity contribution in [3.8, 4) is 0 Å². The number of hydrogen-bond donors (Lipinski definition) is 2. The fourth-order valence-corrected chi connectivity index (χ4v) is 2.09. The van der Waals surface area contributed by atoms with Crippen LogP contribution in [-0.2, 0) is 11.2 Å². The fraction of sp³-hybridized carbons (Fsp3) is 0.500. The van der Waals surface area contributed by atoms with E-state index in [9.17, 15) is 14.3 Å². The Bertz CT molecular complexity index is 445. The summed E-state index contributed by atoms with van der Waals surface area (Å²) in [6.45, 7) is 5.54. The van der Waals surface area contributed by atoms with Crippen LogP contribution >= 0.6 is 0 Å². The third-order valence-electron chi connectivity index (χ3n) is 3.71. The van der Waals surface area contributed by atoms with E-state index in [1.807, 2.05) is 20.8 Å². The van der Waals surface area contributed by atoms with Crippen LogP contribution in [0.25, 0.3) is 0 Å². The van der Waals surface area contributed by atoms with Gasteiger partial charge in [-0.25, -0.2) is 4.39 Å². The molecule has 1 rings (SSSR count). The molecule has 0 aromatic heterocycles. The smallest absolute Gasteiger partial charge is 0.311 e. The minimum absolute atomic E-state index is 0.0377. The molecule has 0 amide bonds. The second-order valence-corrected chi connectivity index (χ2v) is 5.07. The summed E-state index contributed by atoms with van der Waals surface area (Å²) in [7, 11) is 0. The SMILES string of the molecule is Cc1ccc(F)cc1CC(CN)(C(=O)O)C(C)C. The van der Waals surface area contributed by atoms with Gasteiger partial charge in [0.15, 0.2) is 0 Å². The van der Waals surface area contributed by atoms with Gasteiger partial charge in [-0.2, -0.15) is 0 Å². The molecule has 1 aromatic carbocycles. The standard InChI is InChI=1S/C14H20FNO2/c1-9(2)14(8-16,13(17)18)7-11-6-12(15)5-4-10(11)3/h4-6,9H,7-8,16H2,1-3H3,(H,17,18). The summed E-state index contributed by atoms with van der Waals surface area (Å²) in [5.41, 5.74) is 6.22. The van der Waals surface area contributed by atoms with Gasteiger partial charge in [0.25, 0.3) is 0 Å². The molecule has 3 nitrogen and oxygen atoms in total. The predicted molar refractivity (Wildman–Crippen MR) is 68.8 cm³/mol. The first-order valence-corrected chi connectivity index (χ1v) is 6.02. The highest BCUT2D eigenvalue weighted by Crippen LogP contribution is 2.32. The van der Waals surface area contributed by atoms with Gasteiger partial charge in [0.2, 0.25) is 0 Å². The van der Waals surface area contributed by atoms with Crippen LogP contribution in [0.2, 0.25) is 0 Å². The summed E-state index contributed by atoms with van der Waals surface area (Å²) >= 11 is 0. The molecule has 0 radical (unpaired) electrons. The Morgan fingerprint density at radius 2 is 2.11 bits per heavy atom. The molecule has 0 aliphatic carbocycles. The summed E-state index contributed by atoms with van der Waals surface area (Å²) < 4.78 is 13.2. The largest absolute Gasteiger partial charge is 0.481 e. The summed E-state index contributed by atoms with van der Waals surface area (Å²) in [6, 6.07) is 4.43. The minimum Gasteiger partial charge on any atom is -0.481 e. The molecule has 100 valence electrons. The summed E-state index contributed by atoms with van der Waals surface area (Å²) in [5.74, 6) is -1.40. The van der Waals surface area contributed by atoms with Gasteiger partial charge in [-0.15, -0.1) is 0 Å². The Morgan fingerprint density at radius 1 is 1.50 bits per heavy atom. The van der Waals surface area contributed by atoms with Crippen LogP contribution in [-0.4, -0.2) is 17.6 Å². The van der Waals surface area contributed by atoms with Crippen molar-refractivity contribution in [3.05, 3.63) is 35.1 Å². The predicted octanol–water partition coefficient (Wildman–Crippen LogP) is 2.36. The Morgan fingerprint density at radius 3 is 2.56 bits per heavy atom. The highest BCUT2D eigenvalue weighted by Gasteiger charge is 2.40. The second-order valence-electron chi connectivity index (χ2n) is 5.07. The number of rotatable bonds is 5. The van der Waals surface area contributed by atoms with E-state index >= 15 is 0 Å². The first-order chi connectivity index (χ1) is 8.33. The highest BCUT2D eigenvalue weighted by molar-refractivity contribution is 5.76. The van der Waals surface area contributed by atoms with Crippen LogP contribution in [0.3, 0.4) is 0 Å². The lowest BCUT2D eigenvalue weighted by Gasteiger charge is -2.32. The van der Waals surface area contributed by atoms with E-state index < -0.39 is 11.4 Å². The maximum atomic E-state index is 13.2. The summed E-state index contributed by atoms with van der Waals surface area (Å²) in [5, 5.41) is 9.44. The van der Waals surface area contributed by atoms with E-state index in [1.54, 1.807) is 6.07 Å². The number of nitrogens with two attached hydrogens (primary N) is 1. The van der Waals surface area contributed by atoms with Gasteiger partial charge in [0.1, 0.15) is 5.82 Å². The first-order valence-electron chi connectivity index (χ1n) is 6.02. The summed E-state index contributed by atoms with van der Waals surface area (Å²) in [6.07, 6.45) is 0.250. The Labute approximate surface area is 107 Å². The first kappa shape index (κ1) is 14.6. The highest BCUT2D eigenvalue weighted by atomic mass is 19.1. The van der Waals surface area contributed by atoms with Crippen molar-refractivity contribution < 1.29 is 14.3 Å². The average Bonchev–Trinajstić information content (AvgIpc) is 2.29. The molecule has 1 unspecified atom stereocenters. The van der Waals surface area contributed by atoms with Crippen LogP contribution in [0.15, 0.2) is 18.2 Å². The molecule has 18 heavy (non-hydrogen) atoms. The third kappa shape index (κ3) is 2.70. The van der Waals surface area contributed by atoms with Crippen molar-refractivity contribution in [2.45, 2.75) is 27.2 Å². The average molecular weight is 253 g/mol. The van der Waals surface area contributed by atoms with Crippen molar-refractivity contribution in [2.75, 3.05) is 6.54 Å². The maximum Gasteiger partial charge on any atom is 0.311 e. The van der Waals surface area contributed by atoms with Gasteiger partial charge in [-0.05, 0) is 42.5 Å². The number of carboxylic acids is 1. The quantitative estimate of drug-likeness (QED) is 0.846. The molecular weight excluding hydrogens is 233 g/mol. The van der Waals surface area contributed by atoms with Crippen molar-refractivity contribution in [1.82, 2.24) is 0 Å². The zero-order valence-electron chi connectivity index (χ0n) is 11.0. The molecule has 0 aliphatic rings. The molecule has 1 atom stereocenters. The van der Waals surface area contributed by atoms with E-state index in [2.05, 4.69) is 0 Å². The van der Waals surface area contributed by atoms with Crippen LogP contribution in [0.5, 0.6) is 0 Å². The second kappa shape index (κ2) is 5.48. The molecule has 0 heterocycles. The number of carbonyl (C=O) groups is 1. The number of benzene rings is 1. The lowest BCUT2D eigenvalue weighted by molar-refractivity contribution is -0.151. The van der Waals surface area contributed by atoms with Crippen LogP contribution in [0.1, 0.15) is 25.0 Å². The molecular formula is C14H20FNO2. The van der Waals surface area contributed by atoms with Crippen molar-refractivity contribution in [3.63, 3.8) is 0 Å². The van der Waals surface area contributed by atoms with Gasteiger partial charge in [-0.1, -0.05) is 19.9 Å². The van der Waals surface area contributed by atoms with E-state index in [0.717, 1.165) is 5.56 Å². The minimum atomic E-state index is -1.04. The number of aryl methyl sites for hydroxylation is 1. The zero-order chi connectivity index (χ0) is 13.9. The molecule has 1 aromatic rings. The van der Waals surface area contributed by atoms with Gasteiger partial charge < -0.3 is 10.8 Å². The van der Waals surface area contributed by atoms with Crippen molar-refractivity contribution in [1.29, 1.82) is 0 Å². The van der Waals surface area contributed by atoms with E-state index in [0.29, 0.717) is 5.56 Å². The third-order valence-corrected chi connectivity index (χ3v) is 3.71. The monoisotopic (exact) mass is 253 g/mol. The lowest BCUT2D eigenvalue weighted by atomic mass is 9.72. The van der Waals surface area contributed by atoms with Crippen molar-refractivity contribution >= 4 is 5.97 Å². The van der Waals surface area contributed by atoms with Gasteiger partial charge in [-0.3, -0.25) is 4.79 Å². The maximum absolute atomic E-state index is 13.2. The van der Waals surface area contributed by atoms with Gasteiger partial charge in [0.05, 0.1) is 5.41 Å².